The molecular formula is C21H31ClN2O3. The highest BCUT2D eigenvalue weighted by Gasteiger charge is 2.46. The number of ether oxygens (including phenoxy) is 1. The van der Waals surface area contributed by atoms with E-state index >= 15 is 0 Å². The van der Waals surface area contributed by atoms with Gasteiger partial charge in [0.1, 0.15) is 5.60 Å². The molecule has 5 nitrogen and oxygen atoms in total. The maximum Gasteiger partial charge on any atom is 0.410 e. The van der Waals surface area contributed by atoms with Gasteiger partial charge in [0.05, 0.1) is 11.6 Å². The quantitative estimate of drug-likeness (QED) is 0.815. The number of amides is 1. The second-order valence-corrected chi connectivity index (χ2v) is 9.70. The first kappa shape index (κ1) is 20.3. The van der Waals surface area contributed by atoms with E-state index in [0.29, 0.717) is 13.0 Å². The van der Waals surface area contributed by atoms with Crippen LogP contribution in [0.15, 0.2) is 18.2 Å². The van der Waals surface area contributed by atoms with E-state index in [1.807, 2.05) is 32.9 Å². The maximum absolute atomic E-state index is 12.8. The minimum atomic E-state index is -0.996. The molecule has 1 aromatic carbocycles. The molecule has 6 heteroatoms. The van der Waals surface area contributed by atoms with Crippen LogP contribution in [0.25, 0.3) is 0 Å². The molecule has 0 saturated carbocycles. The highest BCUT2D eigenvalue weighted by atomic mass is 35.5. The summed E-state index contributed by atoms with van der Waals surface area (Å²) >= 11 is 6.17. The summed E-state index contributed by atoms with van der Waals surface area (Å²) in [6.07, 6.45) is 2.43. The molecule has 0 radical (unpaired) electrons. The number of hydrogen-bond donors (Lipinski definition) is 1. The molecule has 1 aromatic rings. The molecule has 3 rings (SSSR count). The summed E-state index contributed by atoms with van der Waals surface area (Å²) in [7, 11) is 0. The van der Waals surface area contributed by atoms with Gasteiger partial charge in [-0.05, 0) is 77.6 Å². The summed E-state index contributed by atoms with van der Waals surface area (Å²) < 4.78 is 5.61. The van der Waals surface area contributed by atoms with Crippen molar-refractivity contribution in [1.82, 2.24) is 4.90 Å². The Bertz CT molecular complexity index is 708. The van der Waals surface area contributed by atoms with E-state index in [9.17, 15) is 9.90 Å². The van der Waals surface area contributed by atoms with Crippen LogP contribution in [-0.4, -0.2) is 52.5 Å². The Hall–Kier alpha value is -1.46. The van der Waals surface area contributed by atoms with Gasteiger partial charge in [-0.25, -0.2) is 4.79 Å². The van der Waals surface area contributed by atoms with Crippen LogP contribution in [0.3, 0.4) is 0 Å². The van der Waals surface area contributed by atoms with E-state index in [4.69, 9.17) is 16.3 Å². The predicted octanol–water partition coefficient (Wildman–Crippen LogP) is 4.24. The van der Waals surface area contributed by atoms with Gasteiger partial charge in [0.25, 0.3) is 0 Å². The van der Waals surface area contributed by atoms with Crippen molar-refractivity contribution in [2.24, 2.45) is 0 Å². The molecule has 0 bridgehead atoms. The fourth-order valence-electron chi connectivity index (χ4n) is 4.21. The summed E-state index contributed by atoms with van der Waals surface area (Å²) in [6.45, 7) is 10.6. The summed E-state index contributed by atoms with van der Waals surface area (Å²) in [4.78, 5) is 16.9. The third-order valence-electron chi connectivity index (χ3n) is 5.36. The van der Waals surface area contributed by atoms with Gasteiger partial charge in [0, 0.05) is 29.8 Å². The summed E-state index contributed by atoms with van der Waals surface area (Å²) in [5.74, 6) is 0. The number of likely N-dealkylation sites (tertiary alicyclic amines) is 1. The van der Waals surface area contributed by atoms with Crippen molar-refractivity contribution >= 4 is 23.4 Å². The predicted molar refractivity (Wildman–Crippen MR) is 109 cm³/mol. The van der Waals surface area contributed by atoms with Crippen LogP contribution in [0.5, 0.6) is 0 Å². The van der Waals surface area contributed by atoms with E-state index < -0.39 is 11.2 Å². The Morgan fingerprint density at radius 2 is 1.96 bits per heavy atom. The number of nitrogens with zero attached hydrogens (tertiary/aromatic N) is 2. The topological polar surface area (TPSA) is 53.0 Å². The molecule has 0 aliphatic carbocycles. The first-order valence-corrected chi connectivity index (χ1v) is 10.1. The summed E-state index contributed by atoms with van der Waals surface area (Å²) in [6, 6.07) is 5.90. The molecule has 1 fully saturated rings. The highest BCUT2D eigenvalue weighted by molar-refractivity contribution is 6.30. The summed E-state index contributed by atoms with van der Waals surface area (Å²) in [5, 5.41) is 11.5. The van der Waals surface area contributed by atoms with Gasteiger partial charge in [0.15, 0.2) is 0 Å². The minimum absolute atomic E-state index is 0.147. The summed E-state index contributed by atoms with van der Waals surface area (Å²) in [5.41, 5.74) is 0.887. The van der Waals surface area contributed by atoms with E-state index in [0.717, 1.165) is 24.4 Å². The first-order chi connectivity index (χ1) is 12.5. The van der Waals surface area contributed by atoms with Gasteiger partial charge >= 0.3 is 6.09 Å². The fraction of sp³-hybridized carbons (Fsp3) is 0.667. The van der Waals surface area contributed by atoms with Crippen molar-refractivity contribution in [3.05, 3.63) is 28.8 Å². The van der Waals surface area contributed by atoms with Crippen molar-refractivity contribution in [3.8, 4) is 0 Å². The fourth-order valence-corrected chi connectivity index (χ4v) is 4.40. The van der Waals surface area contributed by atoms with E-state index in [-0.39, 0.29) is 18.2 Å². The van der Waals surface area contributed by atoms with Crippen LogP contribution in [-0.2, 0) is 11.2 Å². The van der Waals surface area contributed by atoms with Crippen molar-refractivity contribution in [2.45, 2.75) is 77.2 Å². The second kappa shape index (κ2) is 7.17. The standard InChI is InChI=1S/C21H31ClN2O3/c1-20(2,3)27-19(25)24-13-16(12-18(24)21(4,5)26)23-10-6-7-14-11-15(22)8-9-17(14)23/h8-9,11,16,18,26H,6-7,10,12-13H2,1-5H3/t16-,18+/m0/s1. The molecule has 0 unspecified atom stereocenters. The lowest BCUT2D eigenvalue weighted by molar-refractivity contribution is -0.0240. The molecule has 0 aromatic heterocycles. The van der Waals surface area contributed by atoms with Gasteiger partial charge in [-0.1, -0.05) is 11.6 Å². The smallest absolute Gasteiger partial charge is 0.410 e. The number of aliphatic hydroxyl groups is 1. The Balaban J connectivity index is 1.86. The molecule has 150 valence electrons. The monoisotopic (exact) mass is 394 g/mol. The maximum atomic E-state index is 12.8. The number of halogens is 1. The van der Waals surface area contributed by atoms with Crippen molar-refractivity contribution in [2.75, 3.05) is 18.0 Å². The van der Waals surface area contributed by atoms with Crippen molar-refractivity contribution in [1.29, 1.82) is 0 Å². The first-order valence-electron chi connectivity index (χ1n) is 9.73. The van der Waals surface area contributed by atoms with Crippen LogP contribution >= 0.6 is 11.6 Å². The Kier molecular flexibility index (Phi) is 5.39. The molecule has 2 aliphatic rings. The molecule has 1 saturated heterocycles. The van der Waals surface area contributed by atoms with Gasteiger partial charge in [-0.15, -0.1) is 0 Å². The molecule has 0 spiro atoms. The molecule has 2 heterocycles. The number of aryl methyl sites for hydroxylation is 1. The van der Waals surface area contributed by atoms with Gasteiger partial charge < -0.3 is 19.6 Å². The number of fused-ring (bicyclic) bond motifs is 1. The van der Waals surface area contributed by atoms with Crippen LogP contribution in [0.1, 0.15) is 53.0 Å². The normalized spacial score (nSPS) is 23.4. The molecule has 2 atom stereocenters. The molecule has 1 N–H and O–H groups in total. The van der Waals surface area contributed by atoms with Crippen molar-refractivity contribution in [3.63, 3.8) is 0 Å². The Morgan fingerprint density at radius 1 is 1.26 bits per heavy atom. The molecular weight excluding hydrogens is 364 g/mol. The van der Waals surface area contributed by atoms with E-state index in [1.54, 1.807) is 18.7 Å². The molecule has 1 amide bonds. The van der Waals surface area contributed by atoms with E-state index in [1.165, 1.54) is 11.3 Å². The lowest BCUT2D eigenvalue weighted by Gasteiger charge is -2.36. The molecule has 27 heavy (non-hydrogen) atoms. The van der Waals surface area contributed by atoms with E-state index in [2.05, 4.69) is 11.0 Å². The number of rotatable bonds is 2. The zero-order valence-corrected chi connectivity index (χ0v) is 17.7. The second-order valence-electron chi connectivity index (χ2n) is 9.26. The van der Waals surface area contributed by atoms with Crippen LogP contribution in [0.4, 0.5) is 10.5 Å². The Morgan fingerprint density at radius 3 is 2.59 bits per heavy atom. The number of carbonyl (C=O) groups excluding carboxylic acids is 1. The number of hydrogen-bond acceptors (Lipinski definition) is 4. The van der Waals surface area contributed by atoms with Gasteiger partial charge in [0.2, 0.25) is 0 Å². The zero-order valence-electron chi connectivity index (χ0n) is 17.0. The number of benzene rings is 1. The number of anilines is 1. The minimum Gasteiger partial charge on any atom is -0.444 e. The molecule has 2 aliphatic heterocycles. The average Bonchev–Trinajstić information content (AvgIpc) is 2.98. The third-order valence-corrected chi connectivity index (χ3v) is 5.59. The van der Waals surface area contributed by atoms with Gasteiger partial charge in [-0.2, -0.15) is 0 Å². The number of carbonyl (C=O) groups is 1. The lowest BCUT2D eigenvalue weighted by atomic mass is 9.94. The third kappa shape index (κ3) is 4.52. The average molecular weight is 395 g/mol. The largest absolute Gasteiger partial charge is 0.444 e. The SMILES string of the molecule is CC(C)(C)OC(=O)N1C[C@@H](N2CCCc3cc(Cl)ccc32)C[C@@H]1C(C)(C)O. The van der Waals surface area contributed by atoms with Crippen molar-refractivity contribution < 1.29 is 14.6 Å². The Labute approximate surface area is 167 Å². The highest BCUT2D eigenvalue weighted by Crippen LogP contribution is 2.37. The lowest BCUT2D eigenvalue weighted by Crippen LogP contribution is -2.49. The van der Waals surface area contributed by atoms with Crippen LogP contribution in [0.2, 0.25) is 5.02 Å². The zero-order chi connectivity index (χ0) is 20.0. The van der Waals surface area contributed by atoms with Crippen LogP contribution in [0, 0.1) is 0 Å². The van der Waals surface area contributed by atoms with Crippen LogP contribution < -0.4 is 4.90 Å². The van der Waals surface area contributed by atoms with Gasteiger partial charge in [-0.3, -0.25) is 0 Å².